The summed E-state index contributed by atoms with van der Waals surface area (Å²) in [5.41, 5.74) is 14.5. The molecule has 0 saturated heterocycles. The molecule has 0 amide bonds. The number of halogens is 4. The van der Waals surface area contributed by atoms with Crippen LogP contribution in [-0.4, -0.2) is 29.9 Å². The minimum Gasteiger partial charge on any atom is -0.368 e. The van der Waals surface area contributed by atoms with E-state index in [2.05, 4.69) is 40.5 Å². The highest BCUT2D eigenvalue weighted by atomic mass is 35.5. The van der Waals surface area contributed by atoms with Crippen LogP contribution in [0.4, 0.5) is 35.2 Å². The molecule has 0 unspecified atom stereocenters. The van der Waals surface area contributed by atoms with Gasteiger partial charge in [0.25, 0.3) is 0 Å². The van der Waals surface area contributed by atoms with Gasteiger partial charge in [0.1, 0.15) is 0 Å². The molecular formula is C30H20Cl4N10S2. The highest BCUT2D eigenvalue weighted by Gasteiger charge is 2.17. The van der Waals surface area contributed by atoms with Crippen LogP contribution in [0.25, 0.3) is 22.8 Å². The monoisotopic (exact) mass is 724 g/mol. The molecule has 10 nitrogen and oxygen atoms in total. The Morgan fingerprint density at radius 2 is 0.826 bits per heavy atom. The quantitative estimate of drug-likeness (QED) is 0.105. The van der Waals surface area contributed by atoms with Crippen molar-refractivity contribution in [2.24, 2.45) is 0 Å². The minimum atomic E-state index is 0.0157. The lowest BCUT2D eigenvalue weighted by Gasteiger charge is -2.14. The molecule has 0 fully saturated rings. The molecule has 0 aliphatic carbocycles. The molecule has 0 aliphatic heterocycles. The fourth-order valence-electron chi connectivity index (χ4n) is 4.16. The van der Waals surface area contributed by atoms with Crippen molar-refractivity contribution < 1.29 is 0 Å². The maximum absolute atomic E-state index is 6.39. The van der Waals surface area contributed by atoms with Gasteiger partial charge in [0.15, 0.2) is 11.6 Å². The lowest BCUT2D eigenvalue weighted by molar-refractivity contribution is 1.07. The summed E-state index contributed by atoms with van der Waals surface area (Å²) in [5, 5.41) is 8.08. The van der Waals surface area contributed by atoms with Gasteiger partial charge in [-0.1, -0.05) is 104 Å². The maximum atomic E-state index is 6.39. The summed E-state index contributed by atoms with van der Waals surface area (Å²) in [6.07, 6.45) is 0. The number of benzene rings is 4. The van der Waals surface area contributed by atoms with E-state index in [0.29, 0.717) is 31.2 Å². The van der Waals surface area contributed by atoms with Crippen LogP contribution < -0.4 is 22.1 Å². The van der Waals surface area contributed by atoms with Crippen molar-refractivity contribution in [1.82, 2.24) is 29.9 Å². The van der Waals surface area contributed by atoms with E-state index in [0.717, 1.165) is 21.2 Å². The molecule has 46 heavy (non-hydrogen) atoms. The first-order chi connectivity index (χ1) is 22.2. The number of nitrogens with zero attached hydrogens (tertiary/aromatic N) is 6. The maximum Gasteiger partial charge on any atom is 0.232 e. The van der Waals surface area contributed by atoms with Gasteiger partial charge >= 0.3 is 0 Å². The number of nitrogen functional groups attached to an aromatic ring is 2. The minimum absolute atomic E-state index is 0.0157. The third-order valence-electron chi connectivity index (χ3n) is 6.17. The molecular weight excluding hydrogens is 706 g/mol. The van der Waals surface area contributed by atoms with Gasteiger partial charge in [0.05, 0.1) is 42.6 Å². The zero-order chi connectivity index (χ0) is 32.2. The van der Waals surface area contributed by atoms with Gasteiger partial charge < -0.3 is 22.1 Å². The molecule has 0 saturated carbocycles. The Morgan fingerprint density at radius 3 is 1.22 bits per heavy atom. The van der Waals surface area contributed by atoms with Crippen LogP contribution in [0.1, 0.15) is 0 Å². The highest BCUT2D eigenvalue weighted by Crippen LogP contribution is 2.44. The molecule has 0 atom stereocenters. The Hall–Kier alpha value is -4.04. The first-order valence-electron chi connectivity index (χ1n) is 13.2. The van der Waals surface area contributed by atoms with Crippen molar-refractivity contribution in [3.8, 4) is 22.8 Å². The normalized spacial score (nSPS) is 11.0. The van der Waals surface area contributed by atoms with E-state index in [1.807, 2.05) is 48.5 Å². The number of nitrogens with two attached hydrogens (primary N) is 2. The zero-order valence-electron chi connectivity index (χ0n) is 23.2. The van der Waals surface area contributed by atoms with Crippen LogP contribution in [0.2, 0.25) is 20.1 Å². The molecule has 6 rings (SSSR count). The zero-order valence-corrected chi connectivity index (χ0v) is 27.9. The van der Waals surface area contributed by atoms with Gasteiger partial charge in [-0.25, -0.2) is 0 Å². The summed E-state index contributed by atoms with van der Waals surface area (Å²) in [4.78, 5) is 27.9. The number of aromatic nitrogens is 6. The third kappa shape index (κ3) is 7.33. The molecule has 0 bridgehead atoms. The highest BCUT2D eigenvalue weighted by molar-refractivity contribution is 8.76. The van der Waals surface area contributed by atoms with E-state index in [-0.39, 0.29) is 35.4 Å². The fourth-order valence-corrected chi connectivity index (χ4v) is 7.57. The Morgan fingerprint density at radius 1 is 0.457 bits per heavy atom. The fraction of sp³-hybridized carbons (Fsp3) is 0. The van der Waals surface area contributed by atoms with Crippen molar-refractivity contribution in [1.29, 1.82) is 0 Å². The van der Waals surface area contributed by atoms with Crippen LogP contribution in [0.5, 0.6) is 0 Å². The predicted octanol–water partition coefficient (Wildman–Crippen LogP) is 9.46. The van der Waals surface area contributed by atoms with Crippen molar-refractivity contribution in [2.45, 2.75) is 9.79 Å². The lowest BCUT2D eigenvalue weighted by atomic mass is 10.2. The summed E-state index contributed by atoms with van der Waals surface area (Å²) < 4.78 is 0. The van der Waals surface area contributed by atoms with Crippen molar-refractivity contribution >= 4 is 103 Å². The molecule has 4 aromatic carbocycles. The average molecular weight is 727 g/mol. The molecule has 230 valence electrons. The van der Waals surface area contributed by atoms with E-state index in [1.165, 1.54) is 21.6 Å². The summed E-state index contributed by atoms with van der Waals surface area (Å²) in [5.74, 6) is 1.01. The number of hydrogen-bond donors (Lipinski definition) is 4. The molecule has 0 spiro atoms. The van der Waals surface area contributed by atoms with E-state index in [9.17, 15) is 0 Å². The summed E-state index contributed by atoms with van der Waals surface area (Å²) in [6.45, 7) is 0. The smallest absolute Gasteiger partial charge is 0.232 e. The van der Waals surface area contributed by atoms with E-state index < -0.39 is 0 Å². The second kappa shape index (κ2) is 14.2. The number of nitrogens with one attached hydrogen (secondary N) is 2. The van der Waals surface area contributed by atoms with Crippen LogP contribution in [-0.2, 0) is 0 Å². The topological polar surface area (TPSA) is 153 Å². The van der Waals surface area contributed by atoms with E-state index in [4.69, 9.17) is 57.9 Å². The number of para-hydroxylation sites is 2. The lowest BCUT2D eigenvalue weighted by Crippen LogP contribution is -2.06. The molecule has 6 aromatic rings. The Labute approximate surface area is 291 Å². The third-order valence-corrected chi connectivity index (χ3v) is 9.91. The Bertz CT molecular complexity index is 1880. The molecule has 0 radical (unpaired) electrons. The first kappa shape index (κ1) is 31.9. The summed E-state index contributed by atoms with van der Waals surface area (Å²) >= 11 is 25.6. The second-order valence-electron chi connectivity index (χ2n) is 9.28. The van der Waals surface area contributed by atoms with Crippen LogP contribution in [0, 0.1) is 0 Å². The van der Waals surface area contributed by atoms with Crippen molar-refractivity contribution in [3.05, 3.63) is 105 Å². The van der Waals surface area contributed by atoms with Gasteiger partial charge in [0, 0.05) is 9.79 Å². The molecule has 0 aliphatic rings. The van der Waals surface area contributed by atoms with Crippen LogP contribution in [0.15, 0.2) is 94.7 Å². The summed E-state index contributed by atoms with van der Waals surface area (Å²) in [6, 6.07) is 25.7. The summed E-state index contributed by atoms with van der Waals surface area (Å²) in [7, 11) is 3.04. The SMILES string of the molecule is Nc1nc(Nc2ccccc2SSc2ccccc2Nc2nc(N)nc(-c3c(Cl)cccc3Cl)n2)nc(-c2c(Cl)cccc2Cl)n1. The largest absolute Gasteiger partial charge is 0.368 e. The van der Waals surface area contributed by atoms with Gasteiger partial charge in [-0.15, -0.1) is 0 Å². The first-order valence-corrected chi connectivity index (χ1v) is 16.9. The van der Waals surface area contributed by atoms with E-state index in [1.54, 1.807) is 36.4 Å². The molecule has 2 aromatic heterocycles. The van der Waals surface area contributed by atoms with Gasteiger partial charge in [-0.2, -0.15) is 29.9 Å². The van der Waals surface area contributed by atoms with Gasteiger partial charge in [-0.3, -0.25) is 0 Å². The van der Waals surface area contributed by atoms with Crippen LogP contribution in [0.3, 0.4) is 0 Å². The molecule has 16 heteroatoms. The van der Waals surface area contributed by atoms with Crippen LogP contribution >= 0.6 is 68.0 Å². The Balaban J connectivity index is 1.23. The number of anilines is 6. The number of hydrogen-bond acceptors (Lipinski definition) is 12. The van der Waals surface area contributed by atoms with E-state index >= 15 is 0 Å². The second-order valence-corrected chi connectivity index (χ2v) is 13.1. The molecule has 6 N–H and O–H groups in total. The number of rotatable bonds is 9. The van der Waals surface area contributed by atoms with Gasteiger partial charge in [-0.05, 0) is 48.5 Å². The average Bonchev–Trinajstić information content (AvgIpc) is 3.01. The molecule has 2 heterocycles. The predicted molar refractivity (Wildman–Crippen MR) is 191 cm³/mol. The standard InChI is InChI=1S/C30H20Cl4N10S2/c31-15-7-5-8-16(32)23(15)25-39-27(35)43-29(41-25)37-19-11-1-3-13-21(19)45-46-22-14-4-2-12-20(22)38-30-42-26(40-28(36)44-30)24-17(33)9-6-10-18(24)34/h1-14H,(H3,35,37,39,41,43)(H3,36,38,40,42,44). The Kier molecular flexibility index (Phi) is 9.83. The van der Waals surface area contributed by atoms with Crippen molar-refractivity contribution in [2.75, 3.05) is 22.1 Å². The van der Waals surface area contributed by atoms with Gasteiger partial charge in [0.2, 0.25) is 23.8 Å². The van der Waals surface area contributed by atoms with Crippen molar-refractivity contribution in [3.63, 3.8) is 0 Å².